The van der Waals surface area contributed by atoms with E-state index >= 15 is 0 Å². The number of nitrogens with one attached hydrogen (secondary N) is 2. The molecule has 1 aromatic rings. The molecule has 0 spiro atoms. The van der Waals surface area contributed by atoms with Crippen molar-refractivity contribution in [2.75, 3.05) is 11.9 Å². The molecule has 22 heavy (non-hydrogen) atoms. The van der Waals surface area contributed by atoms with Gasteiger partial charge in [-0.1, -0.05) is 13.8 Å². The number of hydrogen-bond acceptors (Lipinski definition) is 3. The largest absolute Gasteiger partial charge is 0.393 e. The summed E-state index contributed by atoms with van der Waals surface area (Å²) in [6.45, 7) is 8.61. The summed E-state index contributed by atoms with van der Waals surface area (Å²) in [6, 6.07) is 5.73. The Hall–Kier alpha value is -1.46. The van der Waals surface area contributed by atoms with Crippen LogP contribution in [0.4, 0.5) is 10.1 Å². The third-order valence-corrected chi connectivity index (χ3v) is 3.40. The van der Waals surface area contributed by atoms with Crippen LogP contribution in [0, 0.1) is 11.2 Å². The van der Waals surface area contributed by atoms with Crippen LogP contribution in [0.5, 0.6) is 0 Å². The second-order valence-corrected chi connectivity index (χ2v) is 6.76. The van der Waals surface area contributed by atoms with Gasteiger partial charge in [0.1, 0.15) is 5.82 Å². The van der Waals surface area contributed by atoms with Crippen LogP contribution in [-0.4, -0.2) is 29.7 Å². The maximum atomic E-state index is 12.8. The number of carbonyl (C=O) groups excluding carboxylic acids is 1. The molecule has 1 aromatic carbocycles. The van der Waals surface area contributed by atoms with E-state index in [1.165, 1.54) is 24.3 Å². The summed E-state index contributed by atoms with van der Waals surface area (Å²) in [6.07, 6.45) is 0.699. The first kappa shape index (κ1) is 18.6. The van der Waals surface area contributed by atoms with E-state index in [2.05, 4.69) is 24.5 Å². The lowest BCUT2D eigenvalue weighted by molar-refractivity contribution is -0.116. The third kappa shape index (κ3) is 7.52. The first-order valence-electron chi connectivity index (χ1n) is 7.65. The maximum absolute atomic E-state index is 12.8. The van der Waals surface area contributed by atoms with Crippen molar-refractivity contribution >= 4 is 11.6 Å². The molecule has 4 nitrogen and oxygen atoms in total. The number of hydrogen-bond donors (Lipinski definition) is 3. The number of halogens is 1. The number of carbonyl (C=O) groups is 1. The molecule has 0 aliphatic heterocycles. The Balaban J connectivity index is 2.36. The molecule has 0 fully saturated rings. The summed E-state index contributed by atoms with van der Waals surface area (Å²) in [5.74, 6) is -0.437. The van der Waals surface area contributed by atoms with E-state index < -0.39 is 0 Å². The Morgan fingerprint density at radius 1 is 1.27 bits per heavy atom. The smallest absolute Gasteiger partial charge is 0.225 e. The predicted octanol–water partition coefficient (Wildman–Crippen LogP) is 2.93. The van der Waals surface area contributed by atoms with Crippen molar-refractivity contribution in [3.8, 4) is 0 Å². The van der Waals surface area contributed by atoms with Crippen LogP contribution in [0.1, 0.15) is 40.5 Å². The van der Waals surface area contributed by atoms with Gasteiger partial charge >= 0.3 is 0 Å². The quantitative estimate of drug-likeness (QED) is 0.692. The average molecular weight is 310 g/mol. The highest BCUT2D eigenvalue weighted by Gasteiger charge is 2.21. The number of aliphatic hydroxyl groups excluding tert-OH is 1. The standard InChI is InChI=1S/C17H27FN2O2/c1-12(19-11-17(3,4)10-13(2)21)9-16(22)20-15-7-5-14(18)6-8-15/h5-8,12-13,19,21H,9-11H2,1-4H3,(H,20,22). The van der Waals surface area contributed by atoms with Gasteiger partial charge in [0, 0.05) is 24.7 Å². The molecule has 0 bridgehead atoms. The zero-order chi connectivity index (χ0) is 16.8. The van der Waals surface area contributed by atoms with E-state index in [-0.39, 0.29) is 29.3 Å². The van der Waals surface area contributed by atoms with Gasteiger partial charge in [-0.15, -0.1) is 0 Å². The van der Waals surface area contributed by atoms with E-state index in [0.717, 1.165) is 6.54 Å². The third-order valence-electron chi connectivity index (χ3n) is 3.40. The van der Waals surface area contributed by atoms with Crippen LogP contribution in [0.3, 0.4) is 0 Å². The molecule has 0 aliphatic rings. The summed E-state index contributed by atoms with van der Waals surface area (Å²) in [7, 11) is 0. The van der Waals surface area contributed by atoms with E-state index in [4.69, 9.17) is 0 Å². The van der Waals surface area contributed by atoms with Crippen molar-refractivity contribution in [3.63, 3.8) is 0 Å². The van der Waals surface area contributed by atoms with Crippen molar-refractivity contribution in [3.05, 3.63) is 30.1 Å². The minimum atomic E-state index is -0.339. The van der Waals surface area contributed by atoms with Crippen LogP contribution in [0.25, 0.3) is 0 Å². The highest BCUT2D eigenvalue weighted by molar-refractivity contribution is 5.91. The molecule has 0 aliphatic carbocycles. The van der Waals surface area contributed by atoms with Crippen molar-refractivity contribution in [2.45, 2.75) is 52.7 Å². The number of rotatable bonds is 8. The molecule has 2 unspecified atom stereocenters. The predicted molar refractivity (Wildman–Crippen MR) is 87.2 cm³/mol. The Morgan fingerprint density at radius 3 is 2.41 bits per heavy atom. The highest BCUT2D eigenvalue weighted by atomic mass is 19.1. The van der Waals surface area contributed by atoms with Gasteiger partial charge in [0.2, 0.25) is 5.91 Å². The lowest BCUT2D eigenvalue weighted by Gasteiger charge is -2.28. The summed E-state index contributed by atoms with van der Waals surface area (Å²) in [5.41, 5.74) is 0.559. The molecule has 0 saturated heterocycles. The van der Waals surface area contributed by atoms with Gasteiger partial charge in [-0.25, -0.2) is 4.39 Å². The molecule has 124 valence electrons. The summed E-state index contributed by atoms with van der Waals surface area (Å²) < 4.78 is 12.8. The fourth-order valence-electron chi connectivity index (χ4n) is 2.42. The van der Waals surface area contributed by atoms with E-state index in [9.17, 15) is 14.3 Å². The summed E-state index contributed by atoms with van der Waals surface area (Å²) in [4.78, 5) is 11.9. The van der Waals surface area contributed by atoms with E-state index in [0.29, 0.717) is 18.5 Å². The molecule has 0 heterocycles. The zero-order valence-electron chi connectivity index (χ0n) is 13.8. The summed E-state index contributed by atoms with van der Waals surface area (Å²) in [5, 5.41) is 15.5. The zero-order valence-corrected chi connectivity index (χ0v) is 13.8. The van der Waals surface area contributed by atoms with Gasteiger partial charge < -0.3 is 15.7 Å². The first-order chi connectivity index (χ1) is 10.2. The number of benzene rings is 1. The number of aliphatic hydroxyl groups is 1. The Kier molecular flexibility index (Phi) is 6.97. The number of amides is 1. The minimum Gasteiger partial charge on any atom is -0.393 e. The number of anilines is 1. The molecule has 0 saturated carbocycles. The second-order valence-electron chi connectivity index (χ2n) is 6.76. The summed E-state index contributed by atoms with van der Waals surface area (Å²) >= 11 is 0. The molecule has 0 radical (unpaired) electrons. The van der Waals surface area contributed by atoms with Crippen LogP contribution in [0.2, 0.25) is 0 Å². The van der Waals surface area contributed by atoms with Crippen molar-refractivity contribution in [1.82, 2.24) is 5.32 Å². The van der Waals surface area contributed by atoms with Crippen LogP contribution < -0.4 is 10.6 Å². The minimum absolute atomic E-state index is 0.0220. The molecule has 2 atom stereocenters. The average Bonchev–Trinajstić information content (AvgIpc) is 2.38. The highest BCUT2D eigenvalue weighted by Crippen LogP contribution is 2.21. The van der Waals surface area contributed by atoms with Gasteiger partial charge in [-0.2, -0.15) is 0 Å². The molecular formula is C17H27FN2O2. The second kappa shape index (κ2) is 8.25. The van der Waals surface area contributed by atoms with Crippen LogP contribution in [-0.2, 0) is 4.79 Å². The lowest BCUT2D eigenvalue weighted by atomic mass is 9.86. The SMILES string of the molecule is CC(O)CC(C)(C)CNC(C)CC(=O)Nc1ccc(F)cc1. The Morgan fingerprint density at radius 2 is 1.86 bits per heavy atom. The fourth-order valence-corrected chi connectivity index (χ4v) is 2.42. The monoisotopic (exact) mass is 310 g/mol. The first-order valence-corrected chi connectivity index (χ1v) is 7.65. The van der Waals surface area contributed by atoms with E-state index in [1.807, 2.05) is 6.92 Å². The molecule has 5 heteroatoms. The molecule has 1 amide bonds. The molecule has 0 aromatic heterocycles. The van der Waals surface area contributed by atoms with Crippen molar-refractivity contribution < 1.29 is 14.3 Å². The Bertz CT molecular complexity index is 472. The Labute approximate surface area is 132 Å². The van der Waals surface area contributed by atoms with Crippen LogP contribution >= 0.6 is 0 Å². The fraction of sp³-hybridized carbons (Fsp3) is 0.588. The van der Waals surface area contributed by atoms with Gasteiger partial charge in [0.25, 0.3) is 0 Å². The van der Waals surface area contributed by atoms with Gasteiger partial charge in [0.15, 0.2) is 0 Å². The van der Waals surface area contributed by atoms with Crippen LogP contribution in [0.15, 0.2) is 24.3 Å². The molecule has 1 rings (SSSR count). The normalized spacial score (nSPS) is 14.5. The van der Waals surface area contributed by atoms with Gasteiger partial charge in [0.05, 0.1) is 6.10 Å². The topological polar surface area (TPSA) is 61.4 Å². The lowest BCUT2D eigenvalue weighted by Crippen LogP contribution is -2.38. The molecular weight excluding hydrogens is 283 g/mol. The molecule has 3 N–H and O–H groups in total. The van der Waals surface area contributed by atoms with Gasteiger partial charge in [-0.05, 0) is 49.9 Å². The van der Waals surface area contributed by atoms with Crippen molar-refractivity contribution in [2.24, 2.45) is 5.41 Å². The maximum Gasteiger partial charge on any atom is 0.225 e. The van der Waals surface area contributed by atoms with Gasteiger partial charge in [-0.3, -0.25) is 4.79 Å². The van der Waals surface area contributed by atoms with Crippen molar-refractivity contribution in [1.29, 1.82) is 0 Å². The van der Waals surface area contributed by atoms with E-state index in [1.54, 1.807) is 6.92 Å².